The van der Waals surface area contributed by atoms with Crippen LogP contribution in [0.3, 0.4) is 0 Å². The molecule has 1 aliphatic carbocycles. The second-order valence-corrected chi connectivity index (χ2v) is 4.68. The zero-order valence-electron chi connectivity index (χ0n) is 10.5. The number of anilines is 1. The van der Waals surface area contributed by atoms with Crippen molar-refractivity contribution < 1.29 is 13.9 Å². The maximum atomic E-state index is 13.4. The Hall–Kier alpha value is -1.42. The molecule has 0 aromatic heterocycles. The van der Waals surface area contributed by atoms with E-state index in [2.05, 4.69) is 5.32 Å². The molecule has 2 rings (SSSR count). The number of carbonyl (C=O) groups is 1. The summed E-state index contributed by atoms with van der Waals surface area (Å²) in [5.41, 5.74) is 0.261. The van der Waals surface area contributed by atoms with Crippen LogP contribution < -0.4 is 5.32 Å². The number of para-hydroxylation sites is 1. The molecule has 4 heteroatoms. The number of halogens is 1. The number of benzene rings is 1. The Morgan fingerprint density at radius 1 is 1.28 bits per heavy atom. The highest BCUT2D eigenvalue weighted by Gasteiger charge is 2.26. The molecule has 98 valence electrons. The Bertz CT molecular complexity index is 414. The molecule has 0 heterocycles. The van der Waals surface area contributed by atoms with Crippen LogP contribution in [0.5, 0.6) is 0 Å². The minimum absolute atomic E-state index is 0.0315. The molecule has 1 aromatic carbocycles. The molecule has 1 aromatic rings. The Labute approximate surface area is 106 Å². The van der Waals surface area contributed by atoms with Gasteiger partial charge in [-0.3, -0.25) is 4.79 Å². The predicted octanol–water partition coefficient (Wildman–Crippen LogP) is 2.97. The molecule has 0 bridgehead atoms. The van der Waals surface area contributed by atoms with Crippen molar-refractivity contribution in [3.63, 3.8) is 0 Å². The lowest BCUT2D eigenvalue weighted by atomic mass is 9.87. The smallest absolute Gasteiger partial charge is 0.227 e. The summed E-state index contributed by atoms with van der Waals surface area (Å²) in [7, 11) is 1.70. The van der Waals surface area contributed by atoms with Crippen molar-refractivity contribution in [1.82, 2.24) is 0 Å². The maximum absolute atomic E-state index is 13.4. The summed E-state index contributed by atoms with van der Waals surface area (Å²) >= 11 is 0. The fourth-order valence-electron chi connectivity index (χ4n) is 2.36. The van der Waals surface area contributed by atoms with Gasteiger partial charge in [0, 0.05) is 13.0 Å². The summed E-state index contributed by atoms with van der Waals surface area (Å²) in [5.74, 6) is -0.512. The first-order valence-electron chi connectivity index (χ1n) is 6.29. The van der Waals surface area contributed by atoms with Crippen LogP contribution in [0.15, 0.2) is 24.3 Å². The van der Waals surface area contributed by atoms with E-state index in [9.17, 15) is 9.18 Å². The third-order valence-electron chi connectivity index (χ3n) is 3.51. The number of amides is 1. The van der Waals surface area contributed by atoms with Crippen LogP contribution >= 0.6 is 0 Å². The number of methoxy groups -OCH3 is 1. The fraction of sp³-hybridized carbons (Fsp3) is 0.500. The lowest BCUT2D eigenvalue weighted by Gasteiger charge is -2.26. The van der Waals surface area contributed by atoms with E-state index in [1.165, 1.54) is 6.07 Å². The zero-order valence-corrected chi connectivity index (χ0v) is 10.5. The largest absolute Gasteiger partial charge is 0.381 e. The van der Waals surface area contributed by atoms with Gasteiger partial charge in [0.1, 0.15) is 5.82 Å². The number of hydrogen-bond acceptors (Lipinski definition) is 2. The van der Waals surface area contributed by atoms with Gasteiger partial charge in [0.25, 0.3) is 0 Å². The van der Waals surface area contributed by atoms with Gasteiger partial charge in [-0.05, 0) is 37.8 Å². The molecule has 0 spiro atoms. The van der Waals surface area contributed by atoms with Gasteiger partial charge in [0.2, 0.25) is 5.91 Å². The van der Waals surface area contributed by atoms with Gasteiger partial charge in [-0.1, -0.05) is 12.1 Å². The topological polar surface area (TPSA) is 38.3 Å². The number of ether oxygens (including phenoxy) is 1. The van der Waals surface area contributed by atoms with Crippen molar-refractivity contribution in [2.45, 2.75) is 31.8 Å². The Balaban J connectivity index is 1.91. The lowest BCUT2D eigenvalue weighted by molar-refractivity contribution is -0.121. The van der Waals surface area contributed by atoms with E-state index >= 15 is 0 Å². The van der Waals surface area contributed by atoms with Crippen molar-refractivity contribution in [2.75, 3.05) is 12.4 Å². The molecule has 0 atom stereocenters. The van der Waals surface area contributed by atoms with Crippen LogP contribution in [0.1, 0.15) is 25.7 Å². The molecule has 0 aliphatic heterocycles. The van der Waals surface area contributed by atoms with Gasteiger partial charge in [-0.25, -0.2) is 4.39 Å². The molecule has 0 unspecified atom stereocenters. The van der Waals surface area contributed by atoms with Gasteiger partial charge in [-0.2, -0.15) is 0 Å². The van der Waals surface area contributed by atoms with E-state index in [1.807, 2.05) is 0 Å². The molecule has 1 saturated carbocycles. The van der Waals surface area contributed by atoms with Gasteiger partial charge >= 0.3 is 0 Å². The molecule has 18 heavy (non-hydrogen) atoms. The minimum atomic E-state index is -0.392. The van der Waals surface area contributed by atoms with Crippen molar-refractivity contribution in [3.8, 4) is 0 Å². The van der Waals surface area contributed by atoms with Gasteiger partial charge in [0.05, 0.1) is 11.8 Å². The molecular formula is C14H18FNO2. The third-order valence-corrected chi connectivity index (χ3v) is 3.51. The summed E-state index contributed by atoms with van der Waals surface area (Å²) < 4.78 is 18.7. The Kier molecular flexibility index (Phi) is 4.31. The first-order chi connectivity index (χ1) is 8.70. The summed E-state index contributed by atoms with van der Waals surface area (Å²) in [4.78, 5) is 12.0. The SMILES string of the molecule is COC1CCC(C(=O)Nc2ccccc2F)CC1. The Morgan fingerprint density at radius 2 is 1.94 bits per heavy atom. The van der Waals surface area contributed by atoms with Gasteiger partial charge in [-0.15, -0.1) is 0 Å². The average molecular weight is 251 g/mol. The third kappa shape index (κ3) is 3.07. The monoisotopic (exact) mass is 251 g/mol. The van der Waals surface area contributed by atoms with Gasteiger partial charge < -0.3 is 10.1 Å². The summed E-state index contributed by atoms with van der Waals surface area (Å²) in [6.45, 7) is 0. The molecule has 1 N–H and O–H groups in total. The zero-order chi connectivity index (χ0) is 13.0. The molecule has 0 radical (unpaired) electrons. The molecule has 1 fully saturated rings. The van der Waals surface area contributed by atoms with Gasteiger partial charge in [0.15, 0.2) is 0 Å². The lowest BCUT2D eigenvalue weighted by Crippen LogP contribution is -2.29. The first kappa shape index (κ1) is 13.0. The summed E-state index contributed by atoms with van der Waals surface area (Å²) in [5, 5.41) is 2.66. The number of carbonyl (C=O) groups excluding carboxylic acids is 1. The van der Waals surface area contributed by atoms with Crippen LogP contribution in [0.2, 0.25) is 0 Å². The maximum Gasteiger partial charge on any atom is 0.227 e. The second kappa shape index (κ2) is 5.96. The highest BCUT2D eigenvalue weighted by atomic mass is 19.1. The predicted molar refractivity (Wildman–Crippen MR) is 67.8 cm³/mol. The molecule has 3 nitrogen and oxygen atoms in total. The standard InChI is InChI=1S/C14H18FNO2/c1-18-11-8-6-10(7-9-11)14(17)16-13-5-3-2-4-12(13)15/h2-5,10-11H,6-9H2,1H3,(H,16,17). The van der Waals surface area contributed by atoms with Crippen molar-refractivity contribution in [2.24, 2.45) is 5.92 Å². The van der Waals surface area contributed by atoms with E-state index < -0.39 is 5.82 Å². The normalized spacial score (nSPS) is 23.7. The summed E-state index contributed by atoms with van der Waals surface area (Å²) in [6.07, 6.45) is 3.66. The number of hydrogen-bond donors (Lipinski definition) is 1. The second-order valence-electron chi connectivity index (χ2n) is 4.68. The van der Waals surface area contributed by atoms with Crippen LogP contribution in [-0.2, 0) is 9.53 Å². The molecule has 1 aliphatic rings. The van der Waals surface area contributed by atoms with Crippen LogP contribution in [0.25, 0.3) is 0 Å². The van der Waals surface area contributed by atoms with E-state index in [0.717, 1.165) is 25.7 Å². The molecule has 1 amide bonds. The van der Waals surface area contributed by atoms with Crippen molar-refractivity contribution in [3.05, 3.63) is 30.1 Å². The van der Waals surface area contributed by atoms with E-state index in [1.54, 1.807) is 25.3 Å². The minimum Gasteiger partial charge on any atom is -0.381 e. The molecule has 0 saturated heterocycles. The number of nitrogens with one attached hydrogen (secondary N) is 1. The first-order valence-corrected chi connectivity index (χ1v) is 6.29. The molecular weight excluding hydrogens is 233 g/mol. The van der Waals surface area contributed by atoms with E-state index in [4.69, 9.17) is 4.74 Å². The summed E-state index contributed by atoms with van der Waals surface area (Å²) in [6, 6.07) is 6.24. The Morgan fingerprint density at radius 3 is 2.56 bits per heavy atom. The highest BCUT2D eigenvalue weighted by Crippen LogP contribution is 2.27. The number of rotatable bonds is 3. The van der Waals surface area contributed by atoms with E-state index in [0.29, 0.717) is 0 Å². The van der Waals surface area contributed by atoms with Crippen molar-refractivity contribution >= 4 is 11.6 Å². The fourth-order valence-corrected chi connectivity index (χ4v) is 2.36. The van der Waals surface area contributed by atoms with Crippen molar-refractivity contribution in [1.29, 1.82) is 0 Å². The van der Waals surface area contributed by atoms with Crippen LogP contribution in [-0.4, -0.2) is 19.1 Å². The van der Waals surface area contributed by atoms with E-state index in [-0.39, 0.29) is 23.6 Å². The average Bonchev–Trinajstić information content (AvgIpc) is 2.41. The quantitative estimate of drug-likeness (QED) is 0.897. The highest BCUT2D eigenvalue weighted by molar-refractivity contribution is 5.92. The van der Waals surface area contributed by atoms with Crippen LogP contribution in [0, 0.1) is 11.7 Å². The van der Waals surface area contributed by atoms with Crippen LogP contribution in [0.4, 0.5) is 10.1 Å².